The normalized spacial score (nSPS) is 20.9. The minimum absolute atomic E-state index is 0.0318. The highest BCUT2D eigenvalue weighted by atomic mass is 19.4. The van der Waals surface area contributed by atoms with Crippen LogP contribution >= 0.6 is 0 Å². The molecule has 0 saturated carbocycles. The molecular formula is C28H34F4N4O2. The van der Waals surface area contributed by atoms with Crippen LogP contribution in [0.15, 0.2) is 42.7 Å². The van der Waals surface area contributed by atoms with Crippen molar-refractivity contribution in [3.63, 3.8) is 0 Å². The molecule has 0 radical (unpaired) electrons. The summed E-state index contributed by atoms with van der Waals surface area (Å²) in [5.74, 6) is -2.48. The van der Waals surface area contributed by atoms with Crippen LogP contribution in [0.4, 0.5) is 17.6 Å². The van der Waals surface area contributed by atoms with Crippen molar-refractivity contribution in [3.8, 4) is 0 Å². The summed E-state index contributed by atoms with van der Waals surface area (Å²) in [5.41, 5.74) is -0.640. The fourth-order valence-corrected chi connectivity index (χ4v) is 5.80. The first-order valence-corrected chi connectivity index (χ1v) is 13.0. The number of carbonyl (C=O) groups is 2. The van der Waals surface area contributed by atoms with E-state index in [1.165, 1.54) is 5.56 Å². The van der Waals surface area contributed by atoms with Crippen molar-refractivity contribution >= 4 is 11.8 Å². The van der Waals surface area contributed by atoms with Gasteiger partial charge in [-0.2, -0.15) is 13.2 Å². The summed E-state index contributed by atoms with van der Waals surface area (Å²) < 4.78 is 53.6. The van der Waals surface area contributed by atoms with Crippen molar-refractivity contribution in [2.24, 2.45) is 11.3 Å². The number of nitrogens with zero attached hydrogens (tertiary/aromatic N) is 3. The van der Waals surface area contributed by atoms with Crippen LogP contribution in [0.1, 0.15) is 60.5 Å². The van der Waals surface area contributed by atoms with Crippen LogP contribution < -0.4 is 5.32 Å². The molecule has 1 unspecified atom stereocenters. The monoisotopic (exact) mass is 534 g/mol. The molecule has 2 aliphatic rings. The number of hydrogen-bond donors (Lipinski definition) is 1. The molecule has 0 aliphatic carbocycles. The van der Waals surface area contributed by atoms with Gasteiger partial charge >= 0.3 is 6.18 Å². The number of amides is 2. The summed E-state index contributed by atoms with van der Waals surface area (Å²) in [6, 6.07) is 4.75. The van der Waals surface area contributed by atoms with Crippen molar-refractivity contribution in [3.05, 3.63) is 65.2 Å². The molecule has 206 valence electrons. The van der Waals surface area contributed by atoms with Crippen molar-refractivity contribution in [2.45, 2.75) is 51.2 Å². The maximum atomic E-state index is 14.3. The van der Waals surface area contributed by atoms with Gasteiger partial charge in [-0.05, 0) is 74.0 Å². The van der Waals surface area contributed by atoms with Gasteiger partial charge < -0.3 is 15.1 Å². The van der Waals surface area contributed by atoms with Gasteiger partial charge in [0, 0.05) is 37.9 Å². The van der Waals surface area contributed by atoms with Gasteiger partial charge in [-0.3, -0.25) is 14.6 Å². The van der Waals surface area contributed by atoms with Gasteiger partial charge in [-0.1, -0.05) is 19.9 Å². The summed E-state index contributed by atoms with van der Waals surface area (Å²) in [4.78, 5) is 34.7. The van der Waals surface area contributed by atoms with E-state index in [4.69, 9.17) is 0 Å². The molecule has 10 heteroatoms. The Kier molecular flexibility index (Phi) is 8.11. The number of hydrogen-bond acceptors (Lipinski definition) is 4. The lowest BCUT2D eigenvalue weighted by molar-refractivity contribution is -0.138. The van der Waals surface area contributed by atoms with Crippen LogP contribution in [-0.2, 0) is 11.0 Å². The van der Waals surface area contributed by atoms with Gasteiger partial charge in [-0.15, -0.1) is 0 Å². The van der Waals surface area contributed by atoms with Gasteiger partial charge in [0.2, 0.25) is 5.91 Å². The number of alkyl halides is 3. The molecule has 2 amide bonds. The number of nitrogens with one attached hydrogen (secondary N) is 1. The highest BCUT2D eigenvalue weighted by Crippen LogP contribution is 2.49. The Morgan fingerprint density at radius 3 is 2.39 bits per heavy atom. The third-order valence-corrected chi connectivity index (χ3v) is 8.14. The first-order valence-electron chi connectivity index (χ1n) is 13.0. The van der Waals surface area contributed by atoms with Crippen LogP contribution in [0.2, 0.25) is 0 Å². The molecular weight excluding hydrogens is 500 g/mol. The molecule has 3 heterocycles. The molecule has 1 aromatic heterocycles. The summed E-state index contributed by atoms with van der Waals surface area (Å²) >= 11 is 0. The second-order valence-corrected chi connectivity index (χ2v) is 10.9. The highest BCUT2D eigenvalue weighted by Gasteiger charge is 2.46. The number of aromatic nitrogens is 1. The van der Waals surface area contributed by atoms with E-state index in [0.717, 1.165) is 32.4 Å². The average Bonchev–Trinajstić information content (AvgIpc) is 2.88. The lowest BCUT2D eigenvalue weighted by Crippen LogP contribution is -2.56. The first-order chi connectivity index (χ1) is 17.9. The molecule has 2 aliphatic heterocycles. The predicted octanol–water partition coefficient (Wildman–Crippen LogP) is 4.72. The third kappa shape index (κ3) is 5.85. The van der Waals surface area contributed by atoms with Crippen LogP contribution in [0.3, 0.4) is 0 Å². The van der Waals surface area contributed by atoms with E-state index in [1.54, 1.807) is 24.9 Å². The molecule has 6 nitrogen and oxygen atoms in total. The number of pyridine rings is 1. The van der Waals surface area contributed by atoms with Crippen LogP contribution in [0, 0.1) is 17.2 Å². The minimum atomic E-state index is -4.72. The van der Waals surface area contributed by atoms with E-state index in [-0.39, 0.29) is 23.2 Å². The Labute approximate surface area is 220 Å². The predicted molar refractivity (Wildman–Crippen MR) is 135 cm³/mol. The average molecular weight is 535 g/mol. The smallest absolute Gasteiger partial charge is 0.341 e. The Morgan fingerprint density at radius 1 is 1.11 bits per heavy atom. The number of carbonyl (C=O) groups excluding carboxylic acids is 2. The van der Waals surface area contributed by atoms with Crippen LogP contribution in [0.5, 0.6) is 0 Å². The van der Waals surface area contributed by atoms with E-state index in [9.17, 15) is 27.2 Å². The van der Waals surface area contributed by atoms with E-state index >= 15 is 0 Å². The van der Waals surface area contributed by atoms with E-state index < -0.39 is 35.1 Å². The zero-order chi connectivity index (χ0) is 27.7. The number of rotatable bonds is 5. The Hall–Kier alpha value is -3.01. The van der Waals surface area contributed by atoms with Crippen LogP contribution in [0.25, 0.3) is 0 Å². The molecule has 2 atom stereocenters. The topological polar surface area (TPSA) is 65.5 Å². The van der Waals surface area contributed by atoms with Gasteiger partial charge in [0.05, 0.1) is 11.1 Å². The van der Waals surface area contributed by atoms with E-state index in [2.05, 4.69) is 28.3 Å². The van der Waals surface area contributed by atoms with Crippen molar-refractivity contribution < 1.29 is 27.2 Å². The van der Waals surface area contributed by atoms with Gasteiger partial charge in [0.25, 0.3) is 5.91 Å². The Morgan fingerprint density at radius 2 is 1.79 bits per heavy atom. The summed E-state index contributed by atoms with van der Waals surface area (Å²) in [7, 11) is 2.11. The molecule has 2 saturated heterocycles. The van der Waals surface area contributed by atoms with Crippen molar-refractivity contribution in [1.29, 1.82) is 0 Å². The molecule has 2 fully saturated rings. The molecule has 38 heavy (non-hydrogen) atoms. The highest BCUT2D eigenvalue weighted by molar-refractivity contribution is 5.98. The SMILES string of the molecule is CC(C)[C@@H](NC(=O)c1cc(C(F)(F)F)ccc1F)C(=O)N1CCC2(CCN(C)CC2c2cccnc2)CC1. The van der Waals surface area contributed by atoms with Crippen molar-refractivity contribution in [1.82, 2.24) is 20.1 Å². The minimum Gasteiger partial charge on any atom is -0.341 e. The molecule has 1 spiro atoms. The molecule has 4 rings (SSSR count). The van der Waals surface area contributed by atoms with Gasteiger partial charge in [0.1, 0.15) is 11.9 Å². The molecule has 0 bridgehead atoms. The Balaban J connectivity index is 1.47. The second kappa shape index (κ2) is 11.0. The number of halogens is 4. The second-order valence-electron chi connectivity index (χ2n) is 10.9. The number of likely N-dealkylation sites (tertiary alicyclic amines) is 2. The number of piperidine rings is 2. The van der Waals surface area contributed by atoms with Crippen LogP contribution in [-0.4, -0.2) is 65.9 Å². The van der Waals surface area contributed by atoms with E-state index in [1.807, 2.05) is 12.3 Å². The number of likely N-dealkylation sites (N-methyl/N-ethyl adjacent to an activating group) is 1. The largest absolute Gasteiger partial charge is 0.416 e. The molecule has 2 aromatic rings. The third-order valence-electron chi connectivity index (χ3n) is 8.14. The van der Waals surface area contributed by atoms with Gasteiger partial charge in [-0.25, -0.2) is 4.39 Å². The first kappa shape index (κ1) is 28.0. The maximum absolute atomic E-state index is 14.3. The lowest BCUT2D eigenvalue weighted by atomic mass is 9.62. The van der Waals surface area contributed by atoms with E-state index in [0.29, 0.717) is 31.3 Å². The lowest BCUT2D eigenvalue weighted by Gasteiger charge is -2.51. The summed E-state index contributed by atoms with van der Waals surface area (Å²) in [6.45, 7) is 6.38. The number of benzene rings is 1. The zero-order valence-corrected chi connectivity index (χ0v) is 21.9. The van der Waals surface area contributed by atoms with Crippen molar-refractivity contribution in [2.75, 3.05) is 33.2 Å². The quantitative estimate of drug-likeness (QED) is 0.564. The maximum Gasteiger partial charge on any atom is 0.416 e. The zero-order valence-electron chi connectivity index (χ0n) is 21.9. The van der Waals surface area contributed by atoms with Gasteiger partial charge in [0.15, 0.2) is 0 Å². The molecule has 1 aromatic carbocycles. The summed E-state index contributed by atoms with van der Waals surface area (Å²) in [6.07, 6.45) is 1.56. The fourth-order valence-electron chi connectivity index (χ4n) is 5.80. The fraction of sp³-hybridized carbons (Fsp3) is 0.536. The standard InChI is InChI=1S/C28H34F4N4O2/c1-18(2)24(34-25(37)21-15-20(28(30,31)32)6-7-23(21)29)26(38)36-13-9-27(10-14-36)8-12-35(3)17-22(27)19-5-4-11-33-16-19/h4-7,11,15-16,18,22,24H,8-10,12-14,17H2,1-3H3,(H,34,37)/t22?,24-/m1/s1. The Bertz CT molecular complexity index is 1150. The molecule has 1 N–H and O–H groups in total. The summed E-state index contributed by atoms with van der Waals surface area (Å²) in [5, 5.41) is 2.51.